The molecule has 0 aromatic carbocycles. The Morgan fingerprint density at radius 2 is 2.00 bits per heavy atom. The van der Waals surface area contributed by atoms with Crippen LogP contribution in [0.2, 0.25) is 0 Å². The van der Waals surface area contributed by atoms with Crippen molar-refractivity contribution in [3.05, 3.63) is 41.2 Å². The molecule has 1 N–H and O–H groups in total. The maximum Gasteiger partial charge on any atom is 0.251 e. The number of hydrogen-bond acceptors (Lipinski definition) is 5. The van der Waals surface area contributed by atoms with Gasteiger partial charge in [-0.05, 0) is 31.4 Å². The maximum atomic E-state index is 11.9. The number of amides is 1. The molecule has 0 radical (unpaired) electrons. The number of rotatable bonds is 5. The zero-order chi connectivity index (χ0) is 15.2. The highest BCUT2D eigenvalue weighted by Crippen LogP contribution is 2.24. The van der Waals surface area contributed by atoms with E-state index in [1.165, 1.54) is 19.3 Å². The largest absolute Gasteiger partial charge is 0.352 e. The molecule has 1 aliphatic heterocycles. The molecule has 0 spiro atoms. The van der Waals surface area contributed by atoms with E-state index in [4.69, 9.17) is 0 Å². The van der Waals surface area contributed by atoms with Crippen molar-refractivity contribution in [3.8, 4) is 0 Å². The third-order valence-electron chi connectivity index (χ3n) is 3.78. The highest BCUT2D eigenvalue weighted by molar-refractivity contribution is 7.13. The topological polar surface area (TPSA) is 58.1 Å². The van der Waals surface area contributed by atoms with Crippen LogP contribution in [0.3, 0.4) is 0 Å². The molecule has 2 aromatic rings. The molecule has 0 atom stereocenters. The highest BCUT2D eigenvalue weighted by Gasteiger charge is 2.14. The Balaban J connectivity index is 1.48. The van der Waals surface area contributed by atoms with Crippen LogP contribution in [0.5, 0.6) is 0 Å². The number of carbonyl (C=O) groups excluding carboxylic acids is 1. The molecule has 0 aliphatic carbocycles. The van der Waals surface area contributed by atoms with E-state index >= 15 is 0 Å². The lowest BCUT2D eigenvalue weighted by Crippen LogP contribution is -2.29. The average molecular weight is 316 g/mol. The molecule has 1 fully saturated rings. The van der Waals surface area contributed by atoms with Crippen LogP contribution in [0.15, 0.2) is 29.9 Å². The number of aromatic nitrogens is 2. The fraction of sp³-hybridized carbons (Fsp3) is 0.438. The minimum absolute atomic E-state index is 0.0612. The molecule has 0 unspecified atom stereocenters. The van der Waals surface area contributed by atoms with Gasteiger partial charge in [0.15, 0.2) is 5.13 Å². The molecule has 2 aromatic heterocycles. The van der Waals surface area contributed by atoms with Crippen molar-refractivity contribution in [1.29, 1.82) is 0 Å². The summed E-state index contributed by atoms with van der Waals surface area (Å²) in [5.41, 5.74) is 1.70. The van der Waals surface area contributed by atoms with Gasteiger partial charge in [-0.2, -0.15) is 0 Å². The van der Waals surface area contributed by atoms with Gasteiger partial charge in [-0.15, -0.1) is 11.3 Å². The Morgan fingerprint density at radius 1 is 1.23 bits per heavy atom. The van der Waals surface area contributed by atoms with E-state index in [0.29, 0.717) is 12.1 Å². The monoisotopic (exact) mass is 316 g/mol. The van der Waals surface area contributed by atoms with Crippen molar-refractivity contribution in [2.45, 2.75) is 25.7 Å². The first kappa shape index (κ1) is 15.0. The quantitative estimate of drug-likeness (QED) is 0.921. The number of hydrogen-bond donors (Lipinski definition) is 1. The molecular formula is C16H20N4OS. The molecule has 22 heavy (non-hydrogen) atoms. The van der Waals surface area contributed by atoms with E-state index in [0.717, 1.165) is 30.3 Å². The van der Waals surface area contributed by atoms with Crippen LogP contribution in [0.25, 0.3) is 0 Å². The molecule has 3 rings (SSSR count). The molecule has 1 aliphatic rings. The zero-order valence-corrected chi connectivity index (χ0v) is 13.3. The average Bonchev–Trinajstić information content (AvgIpc) is 3.05. The smallest absolute Gasteiger partial charge is 0.251 e. The zero-order valence-electron chi connectivity index (χ0n) is 12.5. The van der Waals surface area contributed by atoms with Crippen molar-refractivity contribution in [2.24, 2.45) is 0 Å². The van der Waals surface area contributed by atoms with Gasteiger partial charge in [-0.1, -0.05) is 0 Å². The number of thiazole rings is 1. The van der Waals surface area contributed by atoms with Gasteiger partial charge in [0.05, 0.1) is 5.69 Å². The molecule has 0 saturated carbocycles. The van der Waals surface area contributed by atoms with Crippen LogP contribution >= 0.6 is 11.3 Å². The number of nitrogens with zero attached hydrogens (tertiary/aromatic N) is 3. The molecule has 5 nitrogen and oxygen atoms in total. The number of piperidine rings is 1. The van der Waals surface area contributed by atoms with E-state index < -0.39 is 0 Å². The molecule has 116 valence electrons. The van der Waals surface area contributed by atoms with Gasteiger partial charge in [0.1, 0.15) is 0 Å². The Morgan fingerprint density at radius 3 is 2.77 bits per heavy atom. The molecule has 1 saturated heterocycles. The summed E-state index contributed by atoms with van der Waals surface area (Å²) in [5, 5.41) is 6.14. The van der Waals surface area contributed by atoms with Gasteiger partial charge in [0.2, 0.25) is 0 Å². The summed E-state index contributed by atoms with van der Waals surface area (Å²) in [6.45, 7) is 2.84. The van der Waals surface area contributed by atoms with Crippen LogP contribution in [0.1, 0.15) is 35.3 Å². The second-order valence-corrected chi connectivity index (χ2v) is 6.25. The number of anilines is 1. The Bertz CT molecular complexity index is 608. The van der Waals surface area contributed by atoms with E-state index in [2.05, 4.69) is 25.6 Å². The van der Waals surface area contributed by atoms with Crippen LogP contribution in [0, 0.1) is 0 Å². The fourth-order valence-corrected chi connectivity index (χ4v) is 3.46. The highest BCUT2D eigenvalue weighted by atomic mass is 32.1. The summed E-state index contributed by atoms with van der Waals surface area (Å²) in [4.78, 5) is 22.9. The summed E-state index contributed by atoms with van der Waals surface area (Å²) in [6, 6.07) is 3.43. The second kappa shape index (κ2) is 7.35. The summed E-state index contributed by atoms with van der Waals surface area (Å²) >= 11 is 1.71. The summed E-state index contributed by atoms with van der Waals surface area (Å²) in [7, 11) is 0. The second-order valence-electron chi connectivity index (χ2n) is 5.41. The van der Waals surface area contributed by atoms with Crippen molar-refractivity contribution >= 4 is 22.4 Å². The first-order chi connectivity index (χ1) is 10.8. The third kappa shape index (κ3) is 3.82. The SMILES string of the molecule is O=C(NCCc1csc(N2CCCCC2)n1)c1ccncc1. The minimum Gasteiger partial charge on any atom is -0.352 e. The predicted octanol–water partition coefficient (Wildman–Crippen LogP) is 2.50. The van der Waals surface area contributed by atoms with Crippen molar-refractivity contribution in [2.75, 3.05) is 24.5 Å². The van der Waals surface area contributed by atoms with E-state index in [9.17, 15) is 4.79 Å². The van der Waals surface area contributed by atoms with Gasteiger partial charge in [0.25, 0.3) is 5.91 Å². The molecule has 1 amide bonds. The van der Waals surface area contributed by atoms with Crippen LogP contribution in [-0.4, -0.2) is 35.5 Å². The Kier molecular flexibility index (Phi) is 5.00. The first-order valence-corrected chi connectivity index (χ1v) is 8.58. The van der Waals surface area contributed by atoms with Crippen LogP contribution in [0.4, 0.5) is 5.13 Å². The van der Waals surface area contributed by atoms with Crippen molar-refractivity contribution < 1.29 is 4.79 Å². The van der Waals surface area contributed by atoms with Crippen molar-refractivity contribution in [1.82, 2.24) is 15.3 Å². The molecular weight excluding hydrogens is 296 g/mol. The summed E-state index contributed by atoms with van der Waals surface area (Å²) in [6.07, 6.45) is 7.87. The lowest BCUT2D eigenvalue weighted by molar-refractivity contribution is 0.0954. The van der Waals surface area contributed by atoms with Gasteiger partial charge in [0, 0.05) is 49.4 Å². The number of nitrogens with one attached hydrogen (secondary N) is 1. The number of pyridine rings is 1. The predicted molar refractivity (Wildman–Crippen MR) is 88.5 cm³/mol. The molecule has 0 bridgehead atoms. The lowest BCUT2D eigenvalue weighted by atomic mass is 10.1. The summed E-state index contributed by atoms with van der Waals surface area (Å²) in [5.74, 6) is -0.0612. The van der Waals surface area contributed by atoms with Crippen LogP contribution in [-0.2, 0) is 6.42 Å². The minimum atomic E-state index is -0.0612. The van der Waals surface area contributed by atoms with Crippen LogP contribution < -0.4 is 10.2 Å². The first-order valence-electron chi connectivity index (χ1n) is 7.70. The normalized spacial score (nSPS) is 14.8. The standard InChI is InChI=1S/C16H20N4OS/c21-15(13-4-7-17-8-5-13)18-9-6-14-12-22-16(19-14)20-10-2-1-3-11-20/h4-5,7-8,12H,1-3,6,9-11H2,(H,18,21). The Hall–Kier alpha value is -1.95. The van der Waals surface area contributed by atoms with Gasteiger partial charge < -0.3 is 10.2 Å². The maximum absolute atomic E-state index is 11.9. The van der Waals surface area contributed by atoms with Gasteiger partial charge >= 0.3 is 0 Å². The number of carbonyl (C=O) groups is 1. The summed E-state index contributed by atoms with van der Waals surface area (Å²) < 4.78 is 0. The van der Waals surface area contributed by atoms with Gasteiger partial charge in [-0.3, -0.25) is 9.78 Å². The van der Waals surface area contributed by atoms with Crippen molar-refractivity contribution in [3.63, 3.8) is 0 Å². The van der Waals surface area contributed by atoms with E-state index in [-0.39, 0.29) is 5.91 Å². The fourth-order valence-electron chi connectivity index (χ4n) is 2.55. The van der Waals surface area contributed by atoms with Gasteiger partial charge in [-0.25, -0.2) is 4.98 Å². The Labute approximate surface area is 134 Å². The lowest BCUT2D eigenvalue weighted by Gasteiger charge is -2.25. The molecule has 6 heteroatoms. The van der Waals surface area contributed by atoms with E-state index in [1.54, 1.807) is 35.9 Å². The molecule has 3 heterocycles. The third-order valence-corrected chi connectivity index (χ3v) is 4.73. The van der Waals surface area contributed by atoms with E-state index in [1.807, 2.05) is 0 Å².